The molecule has 0 saturated heterocycles. The number of aromatic nitrogens is 1. The van der Waals surface area contributed by atoms with Crippen LogP contribution in [0.4, 0.5) is 14.5 Å². The van der Waals surface area contributed by atoms with Crippen LogP contribution in [0.3, 0.4) is 0 Å². The van der Waals surface area contributed by atoms with Gasteiger partial charge in [0.05, 0.1) is 10.2 Å². The third kappa shape index (κ3) is 3.50. The largest absolute Gasteiger partial charge is 0.384 e. The lowest BCUT2D eigenvalue weighted by molar-refractivity contribution is 0.580. The first-order valence-corrected chi connectivity index (χ1v) is 6.23. The smallest absolute Gasteiger partial charge is 0.126 e. The summed E-state index contributed by atoms with van der Waals surface area (Å²) in [6.45, 7) is 0.589. The highest BCUT2D eigenvalue weighted by Crippen LogP contribution is 2.19. The highest BCUT2D eigenvalue weighted by molar-refractivity contribution is 9.10. The molecule has 0 spiro atoms. The highest BCUT2D eigenvalue weighted by Gasteiger charge is 2.02. The Kier molecular flexibility index (Phi) is 4.25. The van der Waals surface area contributed by atoms with E-state index in [2.05, 4.69) is 26.2 Å². The lowest BCUT2D eigenvalue weighted by Gasteiger charge is -2.08. The van der Waals surface area contributed by atoms with Crippen molar-refractivity contribution in [2.45, 2.75) is 6.42 Å². The predicted octanol–water partition coefficient (Wildman–Crippen LogP) is 3.78. The van der Waals surface area contributed by atoms with Crippen LogP contribution in [0, 0.1) is 11.6 Å². The number of halogens is 3. The molecule has 0 amide bonds. The number of rotatable bonds is 4. The summed E-state index contributed by atoms with van der Waals surface area (Å²) in [7, 11) is 0. The monoisotopic (exact) mass is 312 g/mol. The molecule has 0 unspecified atom stereocenters. The second kappa shape index (κ2) is 5.91. The lowest BCUT2D eigenvalue weighted by Crippen LogP contribution is -2.06. The number of pyridine rings is 1. The predicted molar refractivity (Wildman–Crippen MR) is 70.5 cm³/mol. The van der Waals surface area contributed by atoms with Gasteiger partial charge >= 0.3 is 0 Å². The van der Waals surface area contributed by atoms with Crippen LogP contribution in [0.2, 0.25) is 0 Å². The van der Waals surface area contributed by atoms with Gasteiger partial charge in [-0.05, 0) is 46.1 Å². The van der Waals surface area contributed by atoms with Crippen molar-refractivity contribution in [2.24, 2.45) is 0 Å². The van der Waals surface area contributed by atoms with Crippen molar-refractivity contribution in [2.75, 3.05) is 11.9 Å². The van der Waals surface area contributed by atoms with Gasteiger partial charge in [0.15, 0.2) is 0 Å². The van der Waals surface area contributed by atoms with Gasteiger partial charge in [0.2, 0.25) is 0 Å². The summed E-state index contributed by atoms with van der Waals surface area (Å²) in [5, 5.41) is 3.17. The Balaban J connectivity index is 1.94. The van der Waals surface area contributed by atoms with E-state index in [0.29, 0.717) is 18.5 Å². The minimum absolute atomic E-state index is 0.545. The molecule has 0 bridgehead atoms. The third-order valence-corrected chi connectivity index (χ3v) is 3.06. The molecule has 0 atom stereocenters. The first kappa shape index (κ1) is 13.0. The second-order valence-corrected chi connectivity index (χ2v) is 4.66. The first-order chi connectivity index (χ1) is 8.65. The van der Waals surface area contributed by atoms with Crippen LogP contribution in [0.25, 0.3) is 0 Å². The number of hydrogen-bond acceptors (Lipinski definition) is 2. The average molecular weight is 313 g/mol. The van der Waals surface area contributed by atoms with E-state index in [-0.39, 0.29) is 0 Å². The van der Waals surface area contributed by atoms with E-state index in [4.69, 9.17) is 0 Å². The molecule has 1 N–H and O–H groups in total. The van der Waals surface area contributed by atoms with Crippen LogP contribution in [0.5, 0.6) is 0 Å². The Morgan fingerprint density at radius 2 is 1.89 bits per heavy atom. The molecule has 2 nitrogen and oxygen atoms in total. The van der Waals surface area contributed by atoms with E-state index in [1.165, 1.54) is 12.1 Å². The van der Waals surface area contributed by atoms with Crippen LogP contribution in [0.15, 0.2) is 41.1 Å². The van der Waals surface area contributed by atoms with Gasteiger partial charge in [-0.25, -0.2) is 8.78 Å². The molecular formula is C13H11BrF2N2. The van der Waals surface area contributed by atoms with Crippen molar-refractivity contribution in [1.29, 1.82) is 0 Å². The lowest BCUT2D eigenvalue weighted by atomic mass is 10.1. The fraction of sp³-hybridized carbons (Fsp3) is 0.154. The molecule has 0 aliphatic heterocycles. The quantitative estimate of drug-likeness (QED) is 0.929. The maximum Gasteiger partial charge on any atom is 0.126 e. The Labute approximate surface area is 112 Å². The van der Waals surface area contributed by atoms with E-state index < -0.39 is 11.6 Å². The van der Waals surface area contributed by atoms with Crippen LogP contribution in [0.1, 0.15) is 5.56 Å². The van der Waals surface area contributed by atoms with E-state index in [1.54, 1.807) is 12.4 Å². The number of nitrogens with zero attached hydrogens (tertiary/aromatic N) is 1. The van der Waals surface area contributed by atoms with E-state index in [1.807, 2.05) is 6.07 Å². The SMILES string of the molecule is Fc1cc(F)cc(CCNc2ccncc2Br)c1. The summed E-state index contributed by atoms with van der Waals surface area (Å²) >= 11 is 3.36. The summed E-state index contributed by atoms with van der Waals surface area (Å²) < 4.78 is 26.8. The van der Waals surface area contributed by atoms with Crippen molar-refractivity contribution in [3.05, 3.63) is 58.3 Å². The van der Waals surface area contributed by atoms with E-state index in [9.17, 15) is 8.78 Å². The molecule has 18 heavy (non-hydrogen) atoms. The maximum atomic E-state index is 13.0. The van der Waals surface area contributed by atoms with Gasteiger partial charge in [0.25, 0.3) is 0 Å². The van der Waals surface area contributed by atoms with Gasteiger partial charge in [0, 0.05) is 25.0 Å². The van der Waals surface area contributed by atoms with Gasteiger partial charge in [0.1, 0.15) is 11.6 Å². The topological polar surface area (TPSA) is 24.9 Å². The minimum Gasteiger partial charge on any atom is -0.384 e. The zero-order valence-corrected chi connectivity index (χ0v) is 11.0. The third-order valence-electron chi connectivity index (χ3n) is 2.42. The molecular weight excluding hydrogens is 302 g/mol. The molecule has 0 saturated carbocycles. The van der Waals surface area contributed by atoms with Crippen molar-refractivity contribution in [1.82, 2.24) is 4.98 Å². The second-order valence-electron chi connectivity index (χ2n) is 3.81. The van der Waals surface area contributed by atoms with E-state index in [0.717, 1.165) is 16.2 Å². The highest BCUT2D eigenvalue weighted by atomic mass is 79.9. The van der Waals surface area contributed by atoms with Gasteiger partial charge < -0.3 is 5.32 Å². The first-order valence-electron chi connectivity index (χ1n) is 5.43. The van der Waals surface area contributed by atoms with Gasteiger partial charge in [-0.15, -0.1) is 0 Å². The summed E-state index contributed by atoms with van der Waals surface area (Å²) in [5.74, 6) is -1.09. The molecule has 2 rings (SSSR count). The van der Waals surface area contributed by atoms with Crippen molar-refractivity contribution >= 4 is 21.6 Å². The molecule has 1 aromatic heterocycles. The Morgan fingerprint density at radius 3 is 2.56 bits per heavy atom. The van der Waals surface area contributed by atoms with Crippen LogP contribution < -0.4 is 5.32 Å². The molecule has 0 fully saturated rings. The minimum atomic E-state index is -0.546. The molecule has 0 radical (unpaired) electrons. The maximum absolute atomic E-state index is 13.0. The fourth-order valence-corrected chi connectivity index (χ4v) is 2.01. The molecule has 2 aromatic rings. The number of hydrogen-bond donors (Lipinski definition) is 1. The fourth-order valence-electron chi connectivity index (χ4n) is 1.62. The molecule has 5 heteroatoms. The molecule has 1 aromatic carbocycles. The van der Waals surface area contributed by atoms with Crippen LogP contribution in [-0.2, 0) is 6.42 Å². The molecule has 0 aliphatic carbocycles. The molecule has 94 valence electrons. The van der Waals surface area contributed by atoms with E-state index >= 15 is 0 Å². The number of nitrogens with one attached hydrogen (secondary N) is 1. The zero-order chi connectivity index (χ0) is 13.0. The van der Waals surface area contributed by atoms with Gasteiger partial charge in [-0.1, -0.05) is 0 Å². The van der Waals surface area contributed by atoms with Gasteiger partial charge in [-0.2, -0.15) is 0 Å². The van der Waals surface area contributed by atoms with Crippen molar-refractivity contribution in [3.63, 3.8) is 0 Å². The van der Waals surface area contributed by atoms with Crippen molar-refractivity contribution in [3.8, 4) is 0 Å². The summed E-state index contributed by atoms with van der Waals surface area (Å²) in [4.78, 5) is 3.95. The van der Waals surface area contributed by atoms with Gasteiger partial charge in [-0.3, -0.25) is 4.98 Å². The summed E-state index contributed by atoms with van der Waals surface area (Å²) in [6, 6.07) is 5.38. The Morgan fingerprint density at radius 1 is 1.17 bits per heavy atom. The van der Waals surface area contributed by atoms with Crippen LogP contribution in [-0.4, -0.2) is 11.5 Å². The van der Waals surface area contributed by atoms with Crippen LogP contribution >= 0.6 is 15.9 Å². The zero-order valence-electron chi connectivity index (χ0n) is 9.46. The summed E-state index contributed by atoms with van der Waals surface area (Å²) in [6.07, 6.45) is 3.91. The number of benzene rings is 1. The van der Waals surface area contributed by atoms with Crippen molar-refractivity contribution < 1.29 is 8.78 Å². The number of anilines is 1. The summed E-state index contributed by atoms with van der Waals surface area (Å²) in [5.41, 5.74) is 1.53. The Hall–Kier alpha value is -1.49. The standard InChI is InChI=1S/C13H11BrF2N2/c14-12-8-17-3-2-13(12)18-4-1-9-5-10(15)7-11(16)6-9/h2-3,5-8H,1,4H2,(H,17,18). The molecule has 0 aliphatic rings. The average Bonchev–Trinajstić information content (AvgIpc) is 2.30. The normalized spacial score (nSPS) is 10.4. The Bertz CT molecular complexity index is 526. The molecule has 1 heterocycles.